The summed E-state index contributed by atoms with van der Waals surface area (Å²) in [6.07, 6.45) is -2.52. The number of benzene rings is 1. The zero-order chi connectivity index (χ0) is 13.2. The summed E-state index contributed by atoms with van der Waals surface area (Å²) in [6.45, 7) is -0.149. The lowest BCUT2D eigenvalue weighted by Gasteiger charge is -2.14. The Kier molecular flexibility index (Phi) is 3.45. The van der Waals surface area contributed by atoms with E-state index in [4.69, 9.17) is 0 Å². The first-order chi connectivity index (χ1) is 8.47. The van der Waals surface area contributed by atoms with Crippen LogP contribution in [0.4, 0.5) is 18.9 Å². The smallest absolute Gasteiger partial charge is 0.376 e. The lowest BCUT2D eigenvalue weighted by atomic mass is 10.1. The molecule has 0 aromatic heterocycles. The van der Waals surface area contributed by atoms with E-state index in [1.54, 1.807) is 0 Å². The summed E-state index contributed by atoms with van der Waals surface area (Å²) >= 11 is 0. The maximum Gasteiger partial charge on any atom is 0.418 e. The van der Waals surface area contributed by atoms with Crippen molar-refractivity contribution in [3.05, 3.63) is 29.8 Å². The number of nitrogens with one attached hydrogen (secondary N) is 2. The fraction of sp³-hybridized carbons (Fsp3) is 0.417. The van der Waals surface area contributed by atoms with Crippen molar-refractivity contribution in [2.45, 2.75) is 25.1 Å². The Morgan fingerprint density at radius 2 is 1.94 bits per heavy atom. The molecule has 98 valence electrons. The first-order valence-electron chi connectivity index (χ1n) is 5.66. The summed E-state index contributed by atoms with van der Waals surface area (Å²) < 4.78 is 38.0. The van der Waals surface area contributed by atoms with Gasteiger partial charge in [0, 0.05) is 11.7 Å². The molecule has 0 spiro atoms. The van der Waals surface area contributed by atoms with Crippen LogP contribution in [-0.2, 0) is 11.0 Å². The topological polar surface area (TPSA) is 41.1 Å². The third kappa shape index (κ3) is 3.38. The lowest BCUT2D eigenvalue weighted by molar-refractivity contribution is -0.137. The van der Waals surface area contributed by atoms with Gasteiger partial charge in [0.1, 0.15) is 0 Å². The Morgan fingerprint density at radius 1 is 1.28 bits per heavy atom. The van der Waals surface area contributed by atoms with Crippen LogP contribution in [0.5, 0.6) is 0 Å². The molecule has 0 heterocycles. The number of anilines is 1. The molecule has 3 nitrogen and oxygen atoms in total. The molecule has 1 aromatic rings. The van der Waals surface area contributed by atoms with Crippen molar-refractivity contribution in [1.29, 1.82) is 0 Å². The van der Waals surface area contributed by atoms with E-state index in [0.29, 0.717) is 0 Å². The van der Waals surface area contributed by atoms with E-state index in [0.717, 1.165) is 18.9 Å². The van der Waals surface area contributed by atoms with Crippen molar-refractivity contribution in [2.75, 3.05) is 11.9 Å². The molecule has 0 unspecified atom stereocenters. The van der Waals surface area contributed by atoms with Crippen molar-refractivity contribution in [2.24, 2.45) is 0 Å². The number of rotatable bonds is 4. The molecule has 1 aliphatic carbocycles. The molecule has 1 fully saturated rings. The highest BCUT2D eigenvalue weighted by atomic mass is 19.4. The predicted octanol–water partition coefficient (Wildman–Crippen LogP) is 2.40. The molecule has 0 atom stereocenters. The molecule has 1 aromatic carbocycles. The highest BCUT2D eigenvalue weighted by Crippen LogP contribution is 2.34. The maximum absolute atomic E-state index is 12.7. The maximum atomic E-state index is 12.7. The summed E-state index contributed by atoms with van der Waals surface area (Å²) in [5, 5.41) is 5.22. The highest BCUT2D eigenvalue weighted by Gasteiger charge is 2.33. The molecule has 0 bridgehead atoms. The molecular formula is C12H13F3N2O. The third-order valence-corrected chi connectivity index (χ3v) is 2.61. The van der Waals surface area contributed by atoms with Crippen LogP contribution in [0.3, 0.4) is 0 Å². The van der Waals surface area contributed by atoms with Crippen LogP contribution < -0.4 is 10.6 Å². The first-order valence-corrected chi connectivity index (χ1v) is 5.66. The SMILES string of the molecule is O=C(CNc1ccccc1C(F)(F)F)NC1CC1. The largest absolute Gasteiger partial charge is 0.418 e. The average molecular weight is 258 g/mol. The van der Waals surface area contributed by atoms with Gasteiger partial charge in [-0.1, -0.05) is 12.1 Å². The Morgan fingerprint density at radius 3 is 2.56 bits per heavy atom. The molecule has 18 heavy (non-hydrogen) atoms. The van der Waals surface area contributed by atoms with Gasteiger partial charge in [0.25, 0.3) is 0 Å². The van der Waals surface area contributed by atoms with E-state index >= 15 is 0 Å². The third-order valence-electron chi connectivity index (χ3n) is 2.61. The fourth-order valence-electron chi connectivity index (χ4n) is 1.57. The molecule has 1 saturated carbocycles. The van der Waals surface area contributed by atoms with Crippen LogP contribution in [0.25, 0.3) is 0 Å². The zero-order valence-corrected chi connectivity index (χ0v) is 9.55. The molecule has 0 saturated heterocycles. The van der Waals surface area contributed by atoms with Crippen molar-refractivity contribution in [3.63, 3.8) is 0 Å². The molecule has 1 amide bonds. The number of halogens is 3. The second-order valence-electron chi connectivity index (χ2n) is 4.24. The van der Waals surface area contributed by atoms with Crippen LogP contribution >= 0.6 is 0 Å². The first kappa shape index (κ1) is 12.7. The average Bonchev–Trinajstić information content (AvgIpc) is 3.09. The van der Waals surface area contributed by atoms with E-state index in [1.807, 2.05) is 0 Å². The summed E-state index contributed by atoms with van der Waals surface area (Å²) in [7, 11) is 0. The number of alkyl halides is 3. The minimum atomic E-state index is -4.42. The van der Waals surface area contributed by atoms with Crippen LogP contribution in [0.2, 0.25) is 0 Å². The number of amides is 1. The van der Waals surface area contributed by atoms with Crippen LogP contribution in [0, 0.1) is 0 Å². The fourth-order valence-corrected chi connectivity index (χ4v) is 1.57. The summed E-state index contributed by atoms with van der Waals surface area (Å²) in [5.41, 5.74) is -0.833. The monoisotopic (exact) mass is 258 g/mol. The molecule has 0 aliphatic heterocycles. The van der Waals surface area contributed by atoms with Gasteiger partial charge in [-0.2, -0.15) is 13.2 Å². The van der Waals surface area contributed by atoms with Gasteiger partial charge in [-0.25, -0.2) is 0 Å². The Bertz CT molecular complexity index is 441. The van der Waals surface area contributed by atoms with Gasteiger partial charge in [-0.05, 0) is 25.0 Å². The molecular weight excluding hydrogens is 245 g/mol. The van der Waals surface area contributed by atoms with E-state index in [2.05, 4.69) is 10.6 Å². The molecule has 6 heteroatoms. The van der Waals surface area contributed by atoms with Gasteiger partial charge >= 0.3 is 6.18 Å². The van der Waals surface area contributed by atoms with Gasteiger partial charge in [-0.3, -0.25) is 4.79 Å². The van der Waals surface area contributed by atoms with Gasteiger partial charge in [0.2, 0.25) is 5.91 Å². The van der Waals surface area contributed by atoms with Gasteiger partial charge in [0.05, 0.1) is 12.1 Å². The number of carbonyl (C=O) groups is 1. The minimum absolute atomic E-state index is 0.0732. The van der Waals surface area contributed by atoms with Crippen molar-refractivity contribution in [1.82, 2.24) is 5.32 Å². The van der Waals surface area contributed by atoms with Crippen molar-refractivity contribution >= 4 is 11.6 Å². The highest BCUT2D eigenvalue weighted by molar-refractivity contribution is 5.81. The van der Waals surface area contributed by atoms with Crippen molar-refractivity contribution in [3.8, 4) is 0 Å². The second-order valence-corrected chi connectivity index (χ2v) is 4.24. The molecule has 0 radical (unpaired) electrons. The number of hydrogen-bond donors (Lipinski definition) is 2. The van der Waals surface area contributed by atoms with E-state index in [-0.39, 0.29) is 24.2 Å². The van der Waals surface area contributed by atoms with Gasteiger partial charge in [-0.15, -0.1) is 0 Å². The van der Waals surface area contributed by atoms with Crippen molar-refractivity contribution < 1.29 is 18.0 Å². The molecule has 2 N–H and O–H groups in total. The van der Waals surface area contributed by atoms with E-state index in [1.165, 1.54) is 18.2 Å². The standard InChI is InChI=1S/C12H13F3N2O/c13-12(14,15)9-3-1-2-4-10(9)16-7-11(18)17-8-5-6-8/h1-4,8,16H,5-7H2,(H,17,18). The minimum Gasteiger partial charge on any atom is -0.376 e. The number of hydrogen-bond acceptors (Lipinski definition) is 2. The summed E-state index contributed by atoms with van der Waals surface area (Å²) in [6, 6.07) is 5.32. The number of carbonyl (C=O) groups excluding carboxylic acids is 1. The Hall–Kier alpha value is -1.72. The predicted molar refractivity (Wildman–Crippen MR) is 61.1 cm³/mol. The molecule has 2 rings (SSSR count). The van der Waals surface area contributed by atoms with E-state index < -0.39 is 11.7 Å². The summed E-state index contributed by atoms with van der Waals surface area (Å²) in [4.78, 5) is 11.4. The summed E-state index contributed by atoms with van der Waals surface area (Å²) in [5.74, 6) is -0.283. The van der Waals surface area contributed by atoms with Crippen LogP contribution in [-0.4, -0.2) is 18.5 Å². The Balaban J connectivity index is 1.97. The number of para-hydroxylation sites is 1. The lowest BCUT2D eigenvalue weighted by Crippen LogP contribution is -2.31. The van der Waals surface area contributed by atoms with Crippen LogP contribution in [0.1, 0.15) is 18.4 Å². The van der Waals surface area contributed by atoms with Gasteiger partial charge in [0.15, 0.2) is 0 Å². The van der Waals surface area contributed by atoms with E-state index in [9.17, 15) is 18.0 Å². The second kappa shape index (κ2) is 4.88. The van der Waals surface area contributed by atoms with Crippen LogP contribution in [0.15, 0.2) is 24.3 Å². The Labute approximate surface area is 102 Å². The quantitative estimate of drug-likeness (QED) is 0.870. The molecule has 1 aliphatic rings. The zero-order valence-electron chi connectivity index (χ0n) is 9.55. The normalized spacial score (nSPS) is 15.3. The van der Waals surface area contributed by atoms with Gasteiger partial charge < -0.3 is 10.6 Å².